The minimum absolute atomic E-state index is 0. The van der Waals surface area contributed by atoms with Crippen LogP contribution in [0.15, 0.2) is 0 Å². The number of nitrogens with two attached hydrogens (primary N) is 1. The van der Waals surface area contributed by atoms with Crippen LogP contribution in [-0.2, 0) is 24.3 Å². The normalized spacial score (nSPS) is 5.00. The monoisotopic (exact) mass is 160 g/mol. The van der Waals surface area contributed by atoms with Crippen molar-refractivity contribution in [1.82, 2.24) is 0 Å². The molecule has 1 radical (unpaired) electrons. The molecule has 0 saturated heterocycles. The van der Waals surface area contributed by atoms with Gasteiger partial charge >= 0.3 is 19.5 Å². The summed E-state index contributed by atoms with van der Waals surface area (Å²) in [6, 6.07) is 0. The predicted octanol–water partition coefficient (Wildman–Crippen LogP) is -0.948. The van der Waals surface area contributed by atoms with Crippen LogP contribution in [0.5, 0.6) is 0 Å². The van der Waals surface area contributed by atoms with Crippen LogP contribution in [0, 0.1) is 0 Å². The van der Waals surface area contributed by atoms with Gasteiger partial charge in [0.05, 0.1) is 0 Å². The molecule has 0 aliphatic carbocycles. The first kappa shape index (κ1) is 8.98. The fourth-order valence-corrected chi connectivity index (χ4v) is 0. The summed E-state index contributed by atoms with van der Waals surface area (Å²) in [4.78, 5) is 8.92. The van der Waals surface area contributed by atoms with Gasteiger partial charge in [0, 0.05) is 0 Å². The summed E-state index contributed by atoms with van der Waals surface area (Å²) >= 11 is 0. The Balaban J connectivity index is 0. The molecule has 31 valence electrons. The van der Waals surface area contributed by atoms with Gasteiger partial charge in [-0.25, -0.2) is 0 Å². The minimum atomic E-state index is 0. The van der Waals surface area contributed by atoms with Gasteiger partial charge in [-0.15, -0.1) is 6.54 Å². The first-order valence-corrected chi connectivity index (χ1v) is 0.966. The van der Waals surface area contributed by atoms with Crippen molar-refractivity contribution in [2.45, 2.75) is 0 Å². The molecule has 0 aliphatic heterocycles. The molecule has 0 amide bonds. The molecule has 0 fully saturated rings. The standard InChI is InChI=1S/C2H4NO.Ru/c3-1-2-4;/h1,3H2;/q-1;+1. The van der Waals surface area contributed by atoms with Crippen molar-refractivity contribution >= 4 is 6.29 Å². The van der Waals surface area contributed by atoms with Crippen LogP contribution in [0.25, 0.3) is 0 Å². The van der Waals surface area contributed by atoms with E-state index in [0.29, 0.717) is 0 Å². The van der Waals surface area contributed by atoms with E-state index in [1.54, 1.807) is 0 Å². The van der Waals surface area contributed by atoms with E-state index in [4.69, 9.17) is 4.79 Å². The second-order valence-electron chi connectivity index (χ2n) is 0.348. The molecule has 0 bridgehead atoms. The van der Waals surface area contributed by atoms with E-state index in [1.807, 2.05) is 0 Å². The maximum Gasteiger partial charge on any atom is 1.00 e. The Labute approximate surface area is 43.5 Å². The Hall–Kier alpha value is 0.253. The molecule has 0 spiro atoms. The van der Waals surface area contributed by atoms with Crippen LogP contribution < -0.4 is 5.73 Å². The van der Waals surface area contributed by atoms with E-state index in [2.05, 4.69) is 5.73 Å². The Bertz CT molecular complexity index is 23.6. The van der Waals surface area contributed by atoms with E-state index in [-0.39, 0.29) is 26.0 Å². The molecular formula is C2H4NORu. The molecule has 0 unspecified atom stereocenters. The smallest absolute Gasteiger partial charge is 0.541 e. The second-order valence-corrected chi connectivity index (χ2v) is 0.348. The van der Waals surface area contributed by atoms with Gasteiger partial charge in [-0.1, -0.05) is 0 Å². The molecule has 5 heavy (non-hydrogen) atoms. The van der Waals surface area contributed by atoms with Crippen LogP contribution in [0.2, 0.25) is 0 Å². The zero-order chi connectivity index (χ0) is 3.41. The van der Waals surface area contributed by atoms with E-state index in [1.165, 1.54) is 6.29 Å². The molecule has 0 aromatic carbocycles. The van der Waals surface area contributed by atoms with Gasteiger partial charge < -0.3 is 10.5 Å². The summed E-state index contributed by atoms with van der Waals surface area (Å²) in [6.45, 7) is 0.0139. The predicted molar refractivity (Wildman–Crippen MR) is 14.7 cm³/mol. The van der Waals surface area contributed by atoms with E-state index >= 15 is 0 Å². The molecule has 2 N–H and O–H groups in total. The topological polar surface area (TPSA) is 43.1 Å². The maximum absolute atomic E-state index is 8.92. The van der Waals surface area contributed by atoms with Gasteiger partial charge in [-0.2, -0.15) is 0 Å². The molecule has 0 aromatic heterocycles. The molecule has 0 heterocycles. The number of rotatable bonds is 1. The van der Waals surface area contributed by atoms with E-state index in [9.17, 15) is 0 Å². The van der Waals surface area contributed by atoms with Crippen LogP contribution in [0.1, 0.15) is 0 Å². The van der Waals surface area contributed by atoms with Crippen molar-refractivity contribution in [3.8, 4) is 0 Å². The SMILES string of the molecule is NC[C-]=O.[Ru+]. The molecule has 0 atom stereocenters. The summed E-state index contributed by atoms with van der Waals surface area (Å²) in [6.07, 6.45) is 1.46. The van der Waals surface area contributed by atoms with Gasteiger partial charge in [0.15, 0.2) is 0 Å². The van der Waals surface area contributed by atoms with Crippen molar-refractivity contribution in [3.05, 3.63) is 0 Å². The van der Waals surface area contributed by atoms with Crippen LogP contribution in [0.3, 0.4) is 0 Å². The third-order valence-electron chi connectivity index (χ3n) is 0.0833. The van der Waals surface area contributed by atoms with Gasteiger partial charge in [-0.3, -0.25) is 6.29 Å². The Morgan fingerprint density at radius 3 is 2.00 bits per heavy atom. The maximum atomic E-state index is 8.92. The zero-order valence-corrected chi connectivity index (χ0v) is 4.28. The van der Waals surface area contributed by atoms with Gasteiger partial charge in [0.2, 0.25) is 0 Å². The molecular weight excluding hydrogens is 155 g/mol. The summed E-state index contributed by atoms with van der Waals surface area (Å²) < 4.78 is 0. The molecule has 2 nitrogen and oxygen atoms in total. The third kappa shape index (κ3) is 13.7. The van der Waals surface area contributed by atoms with Crippen molar-refractivity contribution in [1.29, 1.82) is 0 Å². The summed E-state index contributed by atoms with van der Waals surface area (Å²) in [5.41, 5.74) is 4.60. The Kier molecular flexibility index (Phi) is 15.9. The number of hydrogen-bond donors (Lipinski definition) is 1. The van der Waals surface area contributed by atoms with E-state index in [0.717, 1.165) is 0 Å². The molecule has 0 aromatic rings. The van der Waals surface area contributed by atoms with Crippen LogP contribution in [0.4, 0.5) is 0 Å². The largest absolute Gasteiger partial charge is 1.00 e. The second kappa shape index (κ2) is 8.87. The Morgan fingerprint density at radius 2 is 2.00 bits per heavy atom. The average Bonchev–Trinajstić information content (AvgIpc) is 1.37. The first-order valence-electron chi connectivity index (χ1n) is 0.966. The van der Waals surface area contributed by atoms with Crippen molar-refractivity contribution in [2.75, 3.05) is 6.54 Å². The van der Waals surface area contributed by atoms with Crippen molar-refractivity contribution < 1.29 is 24.3 Å². The number of hydrogen-bond acceptors (Lipinski definition) is 2. The number of carbonyl (C=O) groups excluding carboxylic acids is 1. The van der Waals surface area contributed by atoms with Crippen molar-refractivity contribution in [3.63, 3.8) is 0 Å². The third-order valence-corrected chi connectivity index (χ3v) is 0.0833. The van der Waals surface area contributed by atoms with Crippen LogP contribution >= 0.6 is 0 Å². The van der Waals surface area contributed by atoms with Gasteiger partial charge in [-0.05, 0) is 0 Å². The summed E-state index contributed by atoms with van der Waals surface area (Å²) in [5.74, 6) is 0. The summed E-state index contributed by atoms with van der Waals surface area (Å²) in [7, 11) is 0. The molecule has 0 saturated carbocycles. The van der Waals surface area contributed by atoms with Gasteiger partial charge in [0.1, 0.15) is 0 Å². The minimum Gasteiger partial charge on any atom is -0.541 e. The fourth-order valence-electron chi connectivity index (χ4n) is 0. The molecule has 3 heteroatoms. The van der Waals surface area contributed by atoms with Crippen molar-refractivity contribution in [2.24, 2.45) is 5.73 Å². The Morgan fingerprint density at radius 1 is 1.80 bits per heavy atom. The van der Waals surface area contributed by atoms with E-state index < -0.39 is 0 Å². The average molecular weight is 159 g/mol. The van der Waals surface area contributed by atoms with Gasteiger partial charge in [0.25, 0.3) is 0 Å². The fraction of sp³-hybridized carbons (Fsp3) is 0.500. The first-order chi connectivity index (χ1) is 1.91. The quantitative estimate of drug-likeness (QED) is 0.396. The van der Waals surface area contributed by atoms with Crippen LogP contribution in [-0.4, -0.2) is 12.8 Å². The zero-order valence-electron chi connectivity index (χ0n) is 2.55. The molecule has 0 rings (SSSR count). The molecule has 0 aliphatic rings. The summed E-state index contributed by atoms with van der Waals surface area (Å²) in [5, 5.41) is 0.